The lowest BCUT2D eigenvalue weighted by Gasteiger charge is -2.06. The van der Waals surface area contributed by atoms with E-state index < -0.39 is 0 Å². The van der Waals surface area contributed by atoms with Gasteiger partial charge in [0.2, 0.25) is 5.13 Å². The molecule has 3 aromatic rings. The highest BCUT2D eigenvalue weighted by Gasteiger charge is 2.09. The van der Waals surface area contributed by atoms with E-state index in [-0.39, 0.29) is 6.03 Å². The van der Waals surface area contributed by atoms with Crippen molar-refractivity contribution in [3.05, 3.63) is 63.1 Å². The zero-order chi connectivity index (χ0) is 20.6. The van der Waals surface area contributed by atoms with E-state index >= 15 is 0 Å². The minimum atomic E-state index is -0.377. The zero-order valence-electron chi connectivity index (χ0n) is 15.4. The van der Waals surface area contributed by atoms with E-state index in [1.54, 1.807) is 42.1 Å². The SMILES string of the molecule is CCOc1ccc(NC(=O)Nc2nnc(CSCc3ccc(Cl)cc3Cl)s2)cc1. The molecular weight excluding hydrogens is 451 g/mol. The van der Waals surface area contributed by atoms with Crippen molar-refractivity contribution in [3.8, 4) is 5.75 Å². The number of hydrogen-bond acceptors (Lipinski definition) is 6. The van der Waals surface area contributed by atoms with Gasteiger partial charge in [0.05, 0.1) is 6.61 Å². The van der Waals surface area contributed by atoms with Gasteiger partial charge in [-0.25, -0.2) is 4.79 Å². The average molecular weight is 469 g/mol. The molecular formula is C19H18Cl2N4O2S2. The number of amides is 2. The van der Waals surface area contributed by atoms with Gasteiger partial charge in [-0.05, 0) is 48.9 Å². The summed E-state index contributed by atoms with van der Waals surface area (Å²) in [6.07, 6.45) is 0. The summed E-state index contributed by atoms with van der Waals surface area (Å²) >= 11 is 15.1. The molecule has 3 rings (SSSR count). The summed E-state index contributed by atoms with van der Waals surface area (Å²) in [6.45, 7) is 2.51. The molecule has 0 unspecified atom stereocenters. The second-order valence-electron chi connectivity index (χ2n) is 5.77. The first-order chi connectivity index (χ1) is 14.0. The lowest BCUT2D eigenvalue weighted by Crippen LogP contribution is -2.19. The van der Waals surface area contributed by atoms with Gasteiger partial charge in [-0.2, -0.15) is 0 Å². The number of nitrogens with one attached hydrogen (secondary N) is 2. The number of nitrogens with zero attached hydrogens (tertiary/aromatic N) is 2. The standard InChI is InChI=1S/C19H18Cl2N4O2S2/c1-2-27-15-7-5-14(6-8-15)22-18(26)23-19-25-24-17(29-19)11-28-10-12-3-4-13(20)9-16(12)21/h3-9H,2,10-11H2,1H3,(H2,22,23,25,26). The van der Waals surface area contributed by atoms with E-state index in [4.69, 9.17) is 27.9 Å². The first-order valence-corrected chi connectivity index (χ1v) is 11.4. The molecule has 10 heteroatoms. The molecule has 0 fully saturated rings. The van der Waals surface area contributed by atoms with Crippen LogP contribution < -0.4 is 15.4 Å². The fraction of sp³-hybridized carbons (Fsp3) is 0.211. The van der Waals surface area contributed by atoms with Crippen molar-refractivity contribution >= 4 is 63.2 Å². The van der Waals surface area contributed by atoms with Crippen molar-refractivity contribution in [1.29, 1.82) is 0 Å². The molecule has 0 radical (unpaired) electrons. The largest absolute Gasteiger partial charge is 0.494 e. The number of anilines is 2. The molecule has 0 aliphatic rings. The topological polar surface area (TPSA) is 76.1 Å². The van der Waals surface area contributed by atoms with Gasteiger partial charge in [-0.15, -0.1) is 22.0 Å². The second-order valence-corrected chi connectivity index (χ2v) is 8.66. The zero-order valence-corrected chi connectivity index (χ0v) is 18.6. The van der Waals surface area contributed by atoms with Crippen LogP contribution in [0.3, 0.4) is 0 Å². The highest BCUT2D eigenvalue weighted by Crippen LogP contribution is 2.27. The fourth-order valence-electron chi connectivity index (χ4n) is 2.31. The van der Waals surface area contributed by atoms with Crippen LogP contribution >= 0.6 is 46.3 Å². The molecule has 0 saturated heterocycles. The molecule has 0 spiro atoms. The number of carbonyl (C=O) groups is 1. The molecule has 1 heterocycles. The minimum Gasteiger partial charge on any atom is -0.494 e. The highest BCUT2D eigenvalue weighted by atomic mass is 35.5. The third kappa shape index (κ3) is 6.78. The van der Waals surface area contributed by atoms with Crippen LogP contribution in [0.4, 0.5) is 15.6 Å². The van der Waals surface area contributed by atoms with Crippen molar-refractivity contribution in [2.24, 2.45) is 0 Å². The number of ether oxygens (including phenoxy) is 1. The number of thioether (sulfide) groups is 1. The fourth-order valence-corrected chi connectivity index (χ4v) is 4.69. The summed E-state index contributed by atoms with van der Waals surface area (Å²) in [5.74, 6) is 2.15. The van der Waals surface area contributed by atoms with Crippen LogP contribution in [-0.2, 0) is 11.5 Å². The van der Waals surface area contributed by atoms with E-state index in [2.05, 4.69) is 20.8 Å². The van der Waals surface area contributed by atoms with Crippen LogP contribution in [-0.4, -0.2) is 22.8 Å². The van der Waals surface area contributed by atoms with Crippen molar-refractivity contribution < 1.29 is 9.53 Å². The van der Waals surface area contributed by atoms with Gasteiger partial charge in [0.25, 0.3) is 0 Å². The molecule has 2 aromatic carbocycles. The van der Waals surface area contributed by atoms with Crippen molar-refractivity contribution in [3.63, 3.8) is 0 Å². The monoisotopic (exact) mass is 468 g/mol. The van der Waals surface area contributed by atoms with E-state index in [1.807, 2.05) is 19.1 Å². The van der Waals surface area contributed by atoms with Crippen molar-refractivity contribution in [2.75, 3.05) is 17.2 Å². The van der Waals surface area contributed by atoms with E-state index in [0.29, 0.717) is 33.2 Å². The average Bonchev–Trinajstić information content (AvgIpc) is 3.12. The van der Waals surface area contributed by atoms with Crippen molar-refractivity contribution in [2.45, 2.75) is 18.4 Å². The van der Waals surface area contributed by atoms with E-state index in [0.717, 1.165) is 22.1 Å². The predicted octanol–water partition coefficient (Wildman–Crippen LogP) is 6.32. The Morgan fingerprint density at radius 1 is 1.10 bits per heavy atom. The highest BCUT2D eigenvalue weighted by molar-refractivity contribution is 7.97. The Balaban J connectivity index is 1.46. The normalized spacial score (nSPS) is 10.6. The van der Waals surface area contributed by atoms with Crippen LogP contribution in [0.1, 0.15) is 17.5 Å². The van der Waals surface area contributed by atoms with Gasteiger partial charge in [0.1, 0.15) is 10.8 Å². The summed E-state index contributed by atoms with van der Waals surface area (Å²) in [7, 11) is 0. The Kier molecular flexibility index (Phi) is 8.00. The molecule has 0 aliphatic heterocycles. The van der Waals surface area contributed by atoms with Gasteiger partial charge >= 0.3 is 6.03 Å². The molecule has 1 aromatic heterocycles. The van der Waals surface area contributed by atoms with Gasteiger partial charge in [-0.1, -0.05) is 40.6 Å². The number of urea groups is 1. The molecule has 2 N–H and O–H groups in total. The summed E-state index contributed by atoms with van der Waals surface area (Å²) < 4.78 is 5.38. The molecule has 2 amide bonds. The van der Waals surface area contributed by atoms with E-state index in [9.17, 15) is 4.79 Å². The summed E-state index contributed by atoms with van der Waals surface area (Å²) in [4.78, 5) is 12.1. The predicted molar refractivity (Wildman–Crippen MR) is 122 cm³/mol. The van der Waals surface area contributed by atoms with Gasteiger partial charge in [0.15, 0.2) is 0 Å². The summed E-state index contributed by atoms with van der Waals surface area (Å²) in [5.41, 5.74) is 1.67. The van der Waals surface area contributed by atoms with Crippen LogP contribution in [0, 0.1) is 0 Å². The molecule has 0 aliphatic carbocycles. The smallest absolute Gasteiger partial charge is 0.325 e. The maximum absolute atomic E-state index is 12.1. The molecule has 6 nitrogen and oxygen atoms in total. The molecule has 152 valence electrons. The Labute approximate surface area is 187 Å². The third-order valence-corrected chi connectivity index (χ3v) is 6.21. The van der Waals surface area contributed by atoms with Gasteiger partial charge in [0, 0.05) is 27.2 Å². The summed E-state index contributed by atoms with van der Waals surface area (Å²) in [6, 6.07) is 12.2. The number of halogens is 2. The Bertz CT molecular complexity index is 967. The van der Waals surface area contributed by atoms with E-state index in [1.165, 1.54) is 11.3 Å². The van der Waals surface area contributed by atoms with Gasteiger partial charge < -0.3 is 10.1 Å². The number of aromatic nitrogens is 2. The quantitative estimate of drug-likeness (QED) is 0.404. The number of benzene rings is 2. The molecule has 0 bridgehead atoms. The minimum absolute atomic E-state index is 0.377. The van der Waals surface area contributed by atoms with Crippen LogP contribution in [0.2, 0.25) is 10.0 Å². The first-order valence-electron chi connectivity index (χ1n) is 8.68. The number of hydrogen-bond donors (Lipinski definition) is 2. The Morgan fingerprint density at radius 2 is 1.90 bits per heavy atom. The first kappa shape index (κ1) is 21.7. The number of rotatable bonds is 8. The molecule has 0 atom stereocenters. The Hall–Kier alpha value is -2.00. The lowest BCUT2D eigenvalue weighted by atomic mass is 10.2. The molecule has 0 saturated carbocycles. The van der Waals surface area contributed by atoms with Crippen LogP contribution in [0.15, 0.2) is 42.5 Å². The number of carbonyl (C=O) groups excluding carboxylic acids is 1. The van der Waals surface area contributed by atoms with Crippen molar-refractivity contribution in [1.82, 2.24) is 10.2 Å². The Morgan fingerprint density at radius 3 is 2.62 bits per heavy atom. The molecule has 29 heavy (non-hydrogen) atoms. The van der Waals surface area contributed by atoms with Crippen LogP contribution in [0.25, 0.3) is 0 Å². The van der Waals surface area contributed by atoms with Crippen LogP contribution in [0.5, 0.6) is 5.75 Å². The summed E-state index contributed by atoms with van der Waals surface area (Å²) in [5, 5.41) is 16.1. The lowest BCUT2D eigenvalue weighted by molar-refractivity contribution is 0.262. The van der Waals surface area contributed by atoms with Gasteiger partial charge in [-0.3, -0.25) is 5.32 Å². The second kappa shape index (κ2) is 10.7. The maximum atomic E-state index is 12.1. The maximum Gasteiger partial charge on any atom is 0.325 e. The third-order valence-electron chi connectivity index (χ3n) is 3.61.